The summed E-state index contributed by atoms with van der Waals surface area (Å²) in [5.74, 6) is 0.776. The molecule has 0 aliphatic carbocycles. The predicted molar refractivity (Wildman–Crippen MR) is 89.2 cm³/mol. The molecule has 1 heterocycles. The number of para-hydroxylation sites is 1. The van der Waals surface area contributed by atoms with Crippen LogP contribution >= 0.6 is 0 Å². The number of ether oxygens (including phenoxy) is 1. The van der Waals surface area contributed by atoms with Gasteiger partial charge in [0.05, 0.1) is 0 Å². The molecule has 0 radical (unpaired) electrons. The summed E-state index contributed by atoms with van der Waals surface area (Å²) in [6, 6.07) is 7.88. The molecule has 22 heavy (non-hydrogen) atoms. The van der Waals surface area contributed by atoms with Crippen molar-refractivity contribution < 1.29 is 9.53 Å². The van der Waals surface area contributed by atoms with Gasteiger partial charge in [-0.2, -0.15) is 0 Å². The Morgan fingerprint density at radius 1 is 1.23 bits per heavy atom. The highest BCUT2D eigenvalue weighted by Gasteiger charge is 2.09. The lowest BCUT2D eigenvalue weighted by molar-refractivity contribution is -0.123. The summed E-state index contributed by atoms with van der Waals surface area (Å²) in [6.07, 6.45) is 5.92. The lowest BCUT2D eigenvalue weighted by Gasteiger charge is -2.26. The maximum absolute atomic E-state index is 11.8. The van der Waals surface area contributed by atoms with Crippen LogP contribution in [0.4, 0.5) is 0 Å². The molecule has 1 saturated heterocycles. The molecule has 0 atom stereocenters. The zero-order valence-electron chi connectivity index (χ0n) is 13.6. The van der Waals surface area contributed by atoms with Crippen LogP contribution in [0.25, 0.3) is 0 Å². The third kappa shape index (κ3) is 5.68. The summed E-state index contributed by atoms with van der Waals surface area (Å²) in [5, 5.41) is 2.94. The zero-order valence-corrected chi connectivity index (χ0v) is 13.6. The summed E-state index contributed by atoms with van der Waals surface area (Å²) in [5.41, 5.74) is 1.14. The number of benzene rings is 1. The van der Waals surface area contributed by atoms with Crippen LogP contribution in [0.1, 0.15) is 38.2 Å². The number of carbonyl (C=O) groups is 1. The van der Waals surface area contributed by atoms with Gasteiger partial charge in [0.15, 0.2) is 6.61 Å². The number of nitrogens with one attached hydrogen (secondary N) is 1. The van der Waals surface area contributed by atoms with Crippen LogP contribution in [-0.2, 0) is 11.2 Å². The number of nitrogens with zero attached hydrogens (tertiary/aromatic N) is 1. The number of aryl methyl sites for hydroxylation is 1. The molecule has 4 heteroatoms. The minimum absolute atomic E-state index is 0.0375. The van der Waals surface area contributed by atoms with Crippen LogP contribution in [-0.4, -0.2) is 43.6 Å². The Morgan fingerprint density at radius 3 is 2.77 bits per heavy atom. The average molecular weight is 304 g/mol. The molecule has 1 N–H and O–H groups in total. The Morgan fingerprint density at radius 2 is 2.00 bits per heavy atom. The fourth-order valence-corrected chi connectivity index (χ4v) is 2.84. The number of hydrogen-bond donors (Lipinski definition) is 1. The Labute approximate surface area is 133 Å². The standard InChI is InChI=1S/C18H28N2O2/c1-2-16-9-4-5-10-17(16)22-15-18(21)19-11-8-14-20-12-6-3-7-13-20/h4-5,9-10H,2-3,6-8,11-15H2,1H3,(H,19,21). The molecule has 0 unspecified atom stereocenters. The van der Waals surface area contributed by atoms with E-state index in [1.54, 1.807) is 0 Å². The fourth-order valence-electron chi connectivity index (χ4n) is 2.84. The molecule has 2 rings (SSSR count). The van der Waals surface area contributed by atoms with Gasteiger partial charge in [-0.15, -0.1) is 0 Å². The van der Waals surface area contributed by atoms with Gasteiger partial charge in [0.25, 0.3) is 5.91 Å². The van der Waals surface area contributed by atoms with Crippen LogP contribution in [0.15, 0.2) is 24.3 Å². The molecule has 1 aromatic rings. The first-order chi connectivity index (χ1) is 10.8. The summed E-state index contributed by atoms with van der Waals surface area (Å²) in [7, 11) is 0. The van der Waals surface area contributed by atoms with E-state index >= 15 is 0 Å². The second kappa shape index (κ2) is 9.46. The van der Waals surface area contributed by atoms with Crippen molar-refractivity contribution >= 4 is 5.91 Å². The monoisotopic (exact) mass is 304 g/mol. The largest absolute Gasteiger partial charge is 0.483 e. The molecule has 1 fully saturated rings. The number of rotatable bonds is 8. The van der Waals surface area contributed by atoms with E-state index in [0.29, 0.717) is 0 Å². The van der Waals surface area contributed by atoms with Crippen LogP contribution in [0.2, 0.25) is 0 Å². The molecule has 0 spiro atoms. The Kier molecular flexibility index (Phi) is 7.23. The maximum Gasteiger partial charge on any atom is 0.257 e. The Hall–Kier alpha value is -1.55. The van der Waals surface area contributed by atoms with E-state index in [1.807, 2.05) is 24.3 Å². The normalized spacial score (nSPS) is 15.5. The van der Waals surface area contributed by atoms with Crippen molar-refractivity contribution in [3.05, 3.63) is 29.8 Å². The van der Waals surface area contributed by atoms with Gasteiger partial charge < -0.3 is 15.0 Å². The Bertz CT molecular complexity index is 456. The molecular weight excluding hydrogens is 276 g/mol. The van der Waals surface area contributed by atoms with Gasteiger partial charge in [-0.3, -0.25) is 4.79 Å². The summed E-state index contributed by atoms with van der Waals surface area (Å²) >= 11 is 0. The van der Waals surface area contributed by atoms with E-state index in [4.69, 9.17) is 4.74 Å². The third-order valence-electron chi connectivity index (χ3n) is 4.13. The number of hydrogen-bond acceptors (Lipinski definition) is 3. The molecule has 0 saturated carbocycles. The van der Waals surface area contributed by atoms with Crippen LogP contribution in [0.3, 0.4) is 0 Å². The van der Waals surface area contributed by atoms with E-state index in [2.05, 4.69) is 17.1 Å². The van der Waals surface area contributed by atoms with Crippen molar-refractivity contribution in [1.82, 2.24) is 10.2 Å². The molecule has 1 aliphatic rings. The van der Waals surface area contributed by atoms with Gasteiger partial charge >= 0.3 is 0 Å². The van der Waals surface area contributed by atoms with E-state index in [-0.39, 0.29) is 12.5 Å². The first-order valence-corrected chi connectivity index (χ1v) is 8.49. The highest BCUT2D eigenvalue weighted by atomic mass is 16.5. The molecule has 1 aromatic carbocycles. The van der Waals surface area contributed by atoms with Crippen molar-refractivity contribution in [1.29, 1.82) is 0 Å². The summed E-state index contributed by atoms with van der Waals surface area (Å²) in [6.45, 7) is 6.42. The summed E-state index contributed by atoms with van der Waals surface area (Å²) in [4.78, 5) is 14.3. The first-order valence-electron chi connectivity index (χ1n) is 8.49. The molecule has 0 bridgehead atoms. The molecule has 1 aliphatic heterocycles. The average Bonchev–Trinajstić information content (AvgIpc) is 2.58. The van der Waals surface area contributed by atoms with Crippen LogP contribution < -0.4 is 10.1 Å². The maximum atomic E-state index is 11.8. The highest BCUT2D eigenvalue weighted by Crippen LogP contribution is 2.17. The van der Waals surface area contributed by atoms with Crippen LogP contribution in [0.5, 0.6) is 5.75 Å². The number of carbonyl (C=O) groups excluding carboxylic acids is 1. The second-order valence-electron chi connectivity index (χ2n) is 5.86. The molecule has 4 nitrogen and oxygen atoms in total. The van der Waals surface area contributed by atoms with Crippen molar-refractivity contribution in [3.63, 3.8) is 0 Å². The fraction of sp³-hybridized carbons (Fsp3) is 0.611. The van der Waals surface area contributed by atoms with Crippen LogP contribution in [0, 0.1) is 0 Å². The quantitative estimate of drug-likeness (QED) is 0.751. The van der Waals surface area contributed by atoms with Gasteiger partial charge in [-0.1, -0.05) is 31.5 Å². The molecular formula is C18H28N2O2. The zero-order chi connectivity index (χ0) is 15.6. The van der Waals surface area contributed by atoms with Gasteiger partial charge in [0, 0.05) is 6.54 Å². The number of piperidine rings is 1. The topological polar surface area (TPSA) is 41.6 Å². The Balaban J connectivity index is 1.59. The van der Waals surface area contributed by atoms with Gasteiger partial charge in [-0.05, 0) is 56.9 Å². The van der Waals surface area contributed by atoms with Crippen molar-refractivity contribution in [2.45, 2.75) is 39.0 Å². The number of likely N-dealkylation sites (tertiary alicyclic amines) is 1. The first kappa shape index (κ1) is 16.8. The lowest BCUT2D eigenvalue weighted by Crippen LogP contribution is -2.34. The predicted octanol–water partition coefficient (Wildman–Crippen LogP) is 2.62. The molecule has 122 valence electrons. The van der Waals surface area contributed by atoms with Gasteiger partial charge in [-0.25, -0.2) is 0 Å². The minimum atomic E-state index is -0.0375. The minimum Gasteiger partial charge on any atom is -0.483 e. The van der Waals surface area contributed by atoms with E-state index < -0.39 is 0 Å². The smallest absolute Gasteiger partial charge is 0.257 e. The van der Waals surface area contributed by atoms with Gasteiger partial charge in [0.2, 0.25) is 0 Å². The van der Waals surface area contributed by atoms with E-state index in [9.17, 15) is 4.79 Å². The van der Waals surface area contributed by atoms with Gasteiger partial charge in [0.1, 0.15) is 5.75 Å². The molecule has 0 aromatic heterocycles. The van der Waals surface area contributed by atoms with Crippen molar-refractivity contribution in [2.75, 3.05) is 32.8 Å². The summed E-state index contributed by atoms with van der Waals surface area (Å²) < 4.78 is 5.61. The SMILES string of the molecule is CCc1ccccc1OCC(=O)NCCCN1CCCCC1. The van der Waals surface area contributed by atoms with E-state index in [1.165, 1.54) is 32.4 Å². The van der Waals surface area contributed by atoms with E-state index in [0.717, 1.165) is 37.2 Å². The third-order valence-corrected chi connectivity index (χ3v) is 4.13. The second-order valence-corrected chi connectivity index (χ2v) is 5.86. The molecule has 1 amide bonds. The van der Waals surface area contributed by atoms with Crippen molar-refractivity contribution in [3.8, 4) is 5.75 Å². The highest BCUT2D eigenvalue weighted by molar-refractivity contribution is 5.77. The number of amides is 1. The lowest BCUT2D eigenvalue weighted by atomic mass is 10.1. The van der Waals surface area contributed by atoms with Crippen molar-refractivity contribution in [2.24, 2.45) is 0 Å².